The highest BCUT2D eigenvalue weighted by molar-refractivity contribution is 6.31. The molecular formula is C18H15ClFN. The Morgan fingerprint density at radius 3 is 2.67 bits per heavy atom. The standard InChI is InChI=1S/C18H15ClFN/c19-17-15(6-3-7-16(17)20)11-18(12-21)9-8-13-4-1-2-5-14(13)10-18/h1-7H,8-11H2. The van der Waals surface area contributed by atoms with Crippen LogP contribution < -0.4 is 0 Å². The Hall–Kier alpha value is -1.85. The highest BCUT2D eigenvalue weighted by Crippen LogP contribution is 2.39. The summed E-state index contributed by atoms with van der Waals surface area (Å²) in [7, 11) is 0. The van der Waals surface area contributed by atoms with Crippen LogP contribution in [-0.2, 0) is 19.3 Å². The Bertz CT molecular complexity index is 719. The minimum absolute atomic E-state index is 0.144. The molecule has 1 aliphatic rings. The topological polar surface area (TPSA) is 23.8 Å². The van der Waals surface area contributed by atoms with Gasteiger partial charge < -0.3 is 0 Å². The Morgan fingerprint density at radius 2 is 1.90 bits per heavy atom. The molecule has 3 heteroatoms. The van der Waals surface area contributed by atoms with E-state index in [1.165, 1.54) is 17.2 Å². The van der Waals surface area contributed by atoms with Gasteiger partial charge in [0.2, 0.25) is 0 Å². The third kappa shape index (κ3) is 2.66. The van der Waals surface area contributed by atoms with Gasteiger partial charge >= 0.3 is 0 Å². The number of halogens is 2. The zero-order valence-corrected chi connectivity index (χ0v) is 12.3. The fraction of sp³-hybridized carbons (Fsp3) is 0.278. The van der Waals surface area contributed by atoms with Gasteiger partial charge in [0.25, 0.3) is 0 Å². The molecule has 1 nitrogen and oxygen atoms in total. The van der Waals surface area contributed by atoms with E-state index in [-0.39, 0.29) is 5.02 Å². The average Bonchev–Trinajstić information content (AvgIpc) is 2.52. The van der Waals surface area contributed by atoms with Crippen molar-refractivity contribution in [3.05, 3.63) is 70.0 Å². The van der Waals surface area contributed by atoms with Crippen LogP contribution in [0.4, 0.5) is 4.39 Å². The summed E-state index contributed by atoms with van der Waals surface area (Å²) < 4.78 is 13.6. The molecule has 1 aliphatic carbocycles. The van der Waals surface area contributed by atoms with Crippen LogP contribution in [0.5, 0.6) is 0 Å². The minimum Gasteiger partial charge on any atom is -0.205 e. The van der Waals surface area contributed by atoms with Crippen molar-refractivity contribution >= 4 is 11.6 Å². The lowest BCUT2D eigenvalue weighted by molar-refractivity contribution is 0.339. The number of fused-ring (bicyclic) bond motifs is 1. The van der Waals surface area contributed by atoms with Gasteiger partial charge in [0, 0.05) is 0 Å². The maximum atomic E-state index is 13.6. The van der Waals surface area contributed by atoms with Crippen molar-refractivity contribution in [2.24, 2.45) is 5.41 Å². The Kier molecular flexibility index (Phi) is 3.69. The normalized spacial score (nSPS) is 20.6. The van der Waals surface area contributed by atoms with Crippen molar-refractivity contribution in [3.63, 3.8) is 0 Å². The van der Waals surface area contributed by atoms with Crippen LogP contribution >= 0.6 is 11.6 Å². The molecule has 0 amide bonds. The molecule has 3 rings (SSSR count). The van der Waals surface area contributed by atoms with E-state index < -0.39 is 11.2 Å². The molecule has 2 aromatic carbocycles. The monoisotopic (exact) mass is 299 g/mol. The van der Waals surface area contributed by atoms with Gasteiger partial charge in [-0.2, -0.15) is 5.26 Å². The fourth-order valence-electron chi connectivity index (χ4n) is 3.14. The maximum absolute atomic E-state index is 13.6. The molecule has 1 atom stereocenters. The molecule has 0 bridgehead atoms. The SMILES string of the molecule is N#CC1(Cc2cccc(F)c2Cl)CCc2ccccc2C1. The van der Waals surface area contributed by atoms with Crippen LogP contribution in [0.3, 0.4) is 0 Å². The number of rotatable bonds is 2. The lowest BCUT2D eigenvalue weighted by atomic mass is 9.69. The van der Waals surface area contributed by atoms with E-state index >= 15 is 0 Å². The van der Waals surface area contributed by atoms with Gasteiger partial charge in [-0.05, 0) is 48.4 Å². The third-order valence-corrected chi connectivity index (χ3v) is 4.74. The van der Waals surface area contributed by atoms with E-state index in [4.69, 9.17) is 11.6 Å². The van der Waals surface area contributed by atoms with Crippen molar-refractivity contribution in [1.82, 2.24) is 0 Å². The largest absolute Gasteiger partial charge is 0.205 e. The molecule has 0 aliphatic heterocycles. The van der Waals surface area contributed by atoms with Gasteiger partial charge in [-0.3, -0.25) is 0 Å². The van der Waals surface area contributed by atoms with Gasteiger partial charge in [0.1, 0.15) is 5.82 Å². The molecular weight excluding hydrogens is 285 g/mol. The second-order valence-electron chi connectivity index (χ2n) is 5.73. The van der Waals surface area contributed by atoms with Gasteiger partial charge in [0.15, 0.2) is 0 Å². The van der Waals surface area contributed by atoms with Crippen LogP contribution in [0.25, 0.3) is 0 Å². The quantitative estimate of drug-likeness (QED) is 0.787. The third-order valence-electron chi connectivity index (χ3n) is 4.32. The Morgan fingerprint density at radius 1 is 1.14 bits per heavy atom. The Balaban J connectivity index is 1.93. The second-order valence-corrected chi connectivity index (χ2v) is 6.11. The minimum atomic E-state index is -0.494. The molecule has 0 aromatic heterocycles. The first kappa shape index (κ1) is 14.1. The first-order chi connectivity index (χ1) is 10.1. The van der Waals surface area contributed by atoms with Crippen LogP contribution in [0.1, 0.15) is 23.1 Å². The summed E-state index contributed by atoms with van der Waals surface area (Å²) in [6.07, 6.45) is 2.87. The highest BCUT2D eigenvalue weighted by Gasteiger charge is 2.35. The summed E-state index contributed by atoms with van der Waals surface area (Å²) in [5.41, 5.74) is 2.76. The maximum Gasteiger partial charge on any atom is 0.142 e. The summed E-state index contributed by atoms with van der Waals surface area (Å²) in [5.74, 6) is -0.418. The van der Waals surface area contributed by atoms with Crippen molar-refractivity contribution < 1.29 is 4.39 Å². The van der Waals surface area contributed by atoms with Gasteiger partial charge in [-0.15, -0.1) is 0 Å². The molecule has 0 spiro atoms. The van der Waals surface area contributed by atoms with Crippen molar-refractivity contribution in [3.8, 4) is 6.07 Å². The molecule has 106 valence electrons. The molecule has 0 fully saturated rings. The predicted molar refractivity (Wildman–Crippen MR) is 81.6 cm³/mol. The van der Waals surface area contributed by atoms with Crippen molar-refractivity contribution in [2.45, 2.75) is 25.7 Å². The zero-order valence-electron chi connectivity index (χ0n) is 11.6. The molecule has 0 saturated heterocycles. The molecule has 0 saturated carbocycles. The average molecular weight is 300 g/mol. The van der Waals surface area contributed by atoms with Crippen molar-refractivity contribution in [2.75, 3.05) is 0 Å². The lowest BCUT2D eigenvalue weighted by Crippen LogP contribution is -2.30. The van der Waals surface area contributed by atoms with Crippen LogP contribution in [0.15, 0.2) is 42.5 Å². The van der Waals surface area contributed by atoms with Crippen LogP contribution in [-0.4, -0.2) is 0 Å². The number of hydrogen-bond donors (Lipinski definition) is 0. The number of nitriles is 1. The van der Waals surface area contributed by atoms with Crippen LogP contribution in [0.2, 0.25) is 5.02 Å². The van der Waals surface area contributed by atoms with Crippen LogP contribution in [0, 0.1) is 22.6 Å². The first-order valence-corrected chi connectivity index (χ1v) is 7.42. The molecule has 0 N–H and O–H groups in total. The van der Waals surface area contributed by atoms with Crippen molar-refractivity contribution in [1.29, 1.82) is 5.26 Å². The van der Waals surface area contributed by atoms with E-state index in [0.717, 1.165) is 18.4 Å². The molecule has 21 heavy (non-hydrogen) atoms. The molecule has 0 radical (unpaired) electrons. The predicted octanol–water partition coefficient (Wildman–Crippen LogP) is 4.72. The summed E-state index contributed by atoms with van der Waals surface area (Å²) in [4.78, 5) is 0. The van der Waals surface area contributed by atoms with E-state index in [1.807, 2.05) is 18.2 Å². The summed E-state index contributed by atoms with van der Waals surface area (Å²) >= 11 is 6.05. The highest BCUT2D eigenvalue weighted by atomic mass is 35.5. The van der Waals surface area contributed by atoms with Gasteiger partial charge in [-0.25, -0.2) is 4.39 Å². The van der Waals surface area contributed by atoms with Gasteiger partial charge in [0.05, 0.1) is 16.5 Å². The fourth-order valence-corrected chi connectivity index (χ4v) is 3.33. The number of hydrogen-bond acceptors (Lipinski definition) is 1. The number of nitrogens with zero attached hydrogens (tertiary/aromatic N) is 1. The summed E-state index contributed by atoms with van der Waals surface area (Å²) in [5, 5.41) is 9.85. The van der Waals surface area contributed by atoms with E-state index in [9.17, 15) is 9.65 Å². The Labute approximate surface area is 129 Å². The molecule has 0 heterocycles. The molecule has 1 unspecified atom stereocenters. The molecule has 2 aromatic rings. The van der Waals surface area contributed by atoms with E-state index in [0.29, 0.717) is 12.8 Å². The first-order valence-electron chi connectivity index (χ1n) is 7.04. The number of benzene rings is 2. The second kappa shape index (κ2) is 5.50. The summed E-state index contributed by atoms with van der Waals surface area (Å²) in [6, 6.07) is 15.5. The number of aryl methyl sites for hydroxylation is 1. The summed E-state index contributed by atoms with van der Waals surface area (Å²) in [6.45, 7) is 0. The van der Waals surface area contributed by atoms with E-state index in [1.54, 1.807) is 6.07 Å². The zero-order chi connectivity index (χ0) is 14.9. The smallest absolute Gasteiger partial charge is 0.142 e. The van der Waals surface area contributed by atoms with Gasteiger partial charge in [-0.1, -0.05) is 48.0 Å². The lowest BCUT2D eigenvalue weighted by Gasteiger charge is -2.32. The van der Waals surface area contributed by atoms with E-state index in [2.05, 4.69) is 18.2 Å².